The molecule has 3 aliphatic carbocycles. The van der Waals surface area contributed by atoms with Gasteiger partial charge >= 0.3 is 29.8 Å². The predicted octanol–water partition coefficient (Wildman–Crippen LogP) is 3.31. The summed E-state index contributed by atoms with van der Waals surface area (Å²) in [6, 6.07) is 0. The molecule has 0 aromatic carbocycles. The third-order valence-corrected chi connectivity index (χ3v) is 7.56. The van der Waals surface area contributed by atoms with Crippen LogP contribution in [0.3, 0.4) is 0 Å². The van der Waals surface area contributed by atoms with Crippen LogP contribution >= 0.6 is 0 Å². The minimum absolute atomic E-state index is 0.210. The van der Waals surface area contributed by atoms with Crippen molar-refractivity contribution in [3.8, 4) is 0 Å². The van der Waals surface area contributed by atoms with Crippen molar-refractivity contribution >= 4 is 29.8 Å². The zero-order chi connectivity index (χ0) is 26.1. The van der Waals surface area contributed by atoms with E-state index in [1.54, 1.807) is 0 Å². The zero-order valence-electron chi connectivity index (χ0n) is 20.6. The highest BCUT2D eigenvalue weighted by Crippen LogP contribution is 2.34. The number of carbonyl (C=O) groups is 5. The highest BCUT2D eigenvalue weighted by molar-refractivity contribution is 5.81. The molecule has 3 aliphatic rings. The SMILES string of the molecule is C=CC(=O)OCOC(=O)C1CCC(C(=O)OC2CCC(C(=O)OC3CCC(C(=O)O)CC3)CC2)CC1. The second-order valence-corrected chi connectivity index (χ2v) is 9.96. The lowest BCUT2D eigenvalue weighted by molar-refractivity contribution is -0.170. The number of esters is 4. The van der Waals surface area contributed by atoms with Crippen molar-refractivity contribution in [2.24, 2.45) is 23.7 Å². The summed E-state index contributed by atoms with van der Waals surface area (Å²) in [7, 11) is 0. The van der Waals surface area contributed by atoms with Crippen molar-refractivity contribution < 1.29 is 48.0 Å². The fourth-order valence-corrected chi connectivity index (χ4v) is 5.25. The van der Waals surface area contributed by atoms with Gasteiger partial charge in [-0.15, -0.1) is 0 Å². The zero-order valence-corrected chi connectivity index (χ0v) is 20.6. The van der Waals surface area contributed by atoms with Crippen LogP contribution in [0, 0.1) is 23.7 Å². The van der Waals surface area contributed by atoms with E-state index < -0.39 is 24.7 Å². The summed E-state index contributed by atoms with van der Waals surface area (Å²) in [5.74, 6) is -3.56. The number of rotatable bonds is 9. The molecular formula is C26H36O10. The topological polar surface area (TPSA) is 142 Å². The standard InChI is InChI=1S/C26H36O10/c1-2-22(27)33-15-34-24(30)17-3-5-18(6-4-17)25(31)36-21-13-9-19(10-14-21)26(32)35-20-11-7-16(8-12-20)23(28)29/h2,16-21H,1,3-15H2,(H,28,29). The molecule has 0 bridgehead atoms. The van der Waals surface area contributed by atoms with Gasteiger partial charge in [-0.3, -0.25) is 19.2 Å². The second-order valence-electron chi connectivity index (χ2n) is 9.96. The molecule has 0 aromatic rings. The summed E-state index contributed by atoms with van der Waals surface area (Å²) in [5, 5.41) is 9.09. The first-order valence-corrected chi connectivity index (χ1v) is 12.9. The van der Waals surface area contributed by atoms with Crippen LogP contribution in [-0.4, -0.2) is 54.0 Å². The monoisotopic (exact) mass is 508 g/mol. The smallest absolute Gasteiger partial charge is 0.333 e. The van der Waals surface area contributed by atoms with Crippen molar-refractivity contribution in [1.82, 2.24) is 0 Å². The maximum absolute atomic E-state index is 12.6. The van der Waals surface area contributed by atoms with Gasteiger partial charge in [0.25, 0.3) is 0 Å². The Labute approximate surface area is 210 Å². The van der Waals surface area contributed by atoms with Crippen molar-refractivity contribution in [3.05, 3.63) is 12.7 Å². The van der Waals surface area contributed by atoms with Gasteiger partial charge in [0.1, 0.15) is 12.2 Å². The lowest BCUT2D eigenvalue weighted by atomic mass is 9.82. The molecule has 0 heterocycles. The quantitative estimate of drug-likeness (QED) is 0.213. The molecule has 0 aliphatic heterocycles. The molecule has 10 nitrogen and oxygen atoms in total. The molecule has 0 saturated heterocycles. The van der Waals surface area contributed by atoms with Crippen LogP contribution in [0.25, 0.3) is 0 Å². The number of hydrogen-bond acceptors (Lipinski definition) is 9. The van der Waals surface area contributed by atoms with Crippen LogP contribution in [-0.2, 0) is 42.9 Å². The molecule has 10 heteroatoms. The Morgan fingerprint density at radius 3 is 1.42 bits per heavy atom. The number of carbonyl (C=O) groups excluding carboxylic acids is 4. The van der Waals surface area contributed by atoms with E-state index in [0.717, 1.165) is 6.08 Å². The highest BCUT2D eigenvalue weighted by Gasteiger charge is 2.36. The molecule has 3 fully saturated rings. The number of carboxylic acids is 1. The number of carboxylic acid groups (broad SMARTS) is 1. The molecule has 200 valence electrons. The van der Waals surface area contributed by atoms with Crippen LogP contribution in [0.1, 0.15) is 77.0 Å². The van der Waals surface area contributed by atoms with Crippen LogP contribution in [0.4, 0.5) is 0 Å². The predicted molar refractivity (Wildman–Crippen MR) is 124 cm³/mol. The number of hydrogen-bond donors (Lipinski definition) is 1. The molecule has 0 atom stereocenters. The first-order valence-electron chi connectivity index (χ1n) is 12.9. The van der Waals surface area contributed by atoms with E-state index >= 15 is 0 Å². The van der Waals surface area contributed by atoms with E-state index in [0.29, 0.717) is 77.0 Å². The minimum atomic E-state index is -0.785. The lowest BCUT2D eigenvalue weighted by Crippen LogP contribution is -2.34. The van der Waals surface area contributed by atoms with Gasteiger partial charge in [0.05, 0.1) is 23.7 Å². The molecule has 3 saturated carbocycles. The van der Waals surface area contributed by atoms with Crippen molar-refractivity contribution in [1.29, 1.82) is 0 Å². The summed E-state index contributed by atoms with van der Waals surface area (Å²) in [5.41, 5.74) is 0. The lowest BCUT2D eigenvalue weighted by Gasteiger charge is -2.32. The van der Waals surface area contributed by atoms with Crippen LogP contribution in [0.5, 0.6) is 0 Å². The summed E-state index contributed by atoms with van der Waals surface area (Å²) in [6.45, 7) is 2.81. The van der Waals surface area contributed by atoms with Gasteiger partial charge in [-0.05, 0) is 77.0 Å². The molecule has 0 spiro atoms. The van der Waals surface area contributed by atoms with Crippen LogP contribution in [0.15, 0.2) is 12.7 Å². The fraction of sp³-hybridized carbons (Fsp3) is 0.731. The largest absolute Gasteiger partial charge is 0.481 e. The first kappa shape index (κ1) is 27.7. The van der Waals surface area contributed by atoms with E-state index in [9.17, 15) is 24.0 Å². The number of ether oxygens (including phenoxy) is 4. The Morgan fingerprint density at radius 2 is 1.00 bits per heavy atom. The molecule has 1 N–H and O–H groups in total. The molecule has 0 unspecified atom stereocenters. The van der Waals surface area contributed by atoms with E-state index in [1.165, 1.54) is 0 Å². The summed E-state index contributed by atoms with van der Waals surface area (Å²) in [4.78, 5) is 59.3. The van der Waals surface area contributed by atoms with Gasteiger partial charge in [0, 0.05) is 6.08 Å². The molecule has 0 aromatic heterocycles. The Kier molecular flexibility index (Phi) is 10.3. The van der Waals surface area contributed by atoms with Crippen molar-refractivity contribution in [2.75, 3.05) is 6.79 Å². The Hall–Kier alpha value is -2.91. The van der Waals surface area contributed by atoms with Gasteiger partial charge in [-0.25, -0.2) is 4.79 Å². The molecular weight excluding hydrogens is 472 g/mol. The Morgan fingerprint density at radius 1 is 0.611 bits per heavy atom. The van der Waals surface area contributed by atoms with Crippen molar-refractivity contribution in [3.63, 3.8) is 0 Å². The third kappa shape index (κ3) is 8.06. The van der Waals surface area contributed by atoms with Crippen LogP contribution < -0.4 is 0 Å². The third-order valence-electron chi connectivity index (χ3n) is 7.56. The van der Waals surface area contributed by atoms with E-state index in [4.69, 9.17) is 19.3 Å². The van der Waals surface area contributed by atoms with Gasteiger partial charge in [-0.1, -0.05) is 6.58 Å². The average Bonchev–Trinajstić information content (AvgIpc) is 2.89. The normalized spacial score (nSPS) is 30.3. The maximum atomic E-state index is 12.6. The second kappa shape index (κ2) is 13.4. The summed E-state index contributed by atoms with van der Waals surface area (Å²) < 4.78 is 20.9. The van der Waals surface area contributed by atoms with E-state index in [-0.39, 0.29) is 47.8 Å². The minimum Gasteiger partial charge on any atom is -0.481 e. The molecule has 0 radical (unpaired) electrons. The first-order chi connectivity index (χ1) is 17.3. The molecule has 3 rings (SSSR count). The average molecular weight is 509 g/mol. The van der Waals surface area contributed by atoms with E-state index in [1.807, 2.05) is 0 Å². The number of aliphatic carboxylic acids is 1. The van der Waals surface area contributed by atoms with Gasteiger partial charge in [0.15, 0.2) is 0 Å². The maximum Gasteiger partial charge on any atom is 0.333 e. The highest BCUT2D eigenvalue weighted by atomic mass is 16.7. The Balaban J connectivity index is 1.30. The van der Waals surface area contributed by atoms with Crippen LogP contribution in [0.2, 0.25) is 0 Å². The fourth-order valence-electron chi connectivity index (χ4n) is 5.25. The summed E-state index contributed by atoms with van der Waals surface area (Å²) in [6.07, 6.45) is 7.21. The van der Waals surface area contributed by atoms with Crippen molar-refractivity contribution in [2.45, 2.75) is 89.3 Å². The summed E-state index contributed by atoms with van der Waals surface area (Å²) >= 11 is 0. The van der Waals surface area contributed by atoms with E-state index in [2.05, 4.69) is 11.3 Å². The van der Waals surface area contributed by atoms with Gasteiger partial charge in [-0.2, -0.15) is 0 Å². The Bertz CT molecular complexity index is 813. The van der Waals surface area contributed by atoms with Gasteiger partial charge < -0.3 is 24.1 Å². The van der Waals surface area contributed by atoms with Gasteiger partial charge in [0.2, 0.25) is 6.79 Å². The molecule has 0 amide bonds. The molecule has 36 heavy (non-hydrogen) atoms.